The summed E-state index contributed by atoms with van der Waals surface area (Å²) in [6, 6.07) is 7.59. The summed E-state index contributed by atoms with van der Waals surface area (Å²) in [7, 11) is 1.98. The number of piperidine rings is 1. The average Bonchev–Trinajstić information content (AvgIpc) is 3.17. The van der Waals surface area contributed by atoms with Crippen LogP contribution in [-0.4, -0.2) is 33.8 Å². The molecule has 27 heavy (non-hydrogen) atoms. The van der Waals surface area contributed by atoms with Gasteiger partial charge in [0.2, 0.25) is 0 Å². The number of aromatic nitrogens is 2. The van der Waals surface area contributed by atoms with E-state index in [1.54, 1.807) is 0 Å². The molecule has 1 spiro atoms. The minimum atomic E-state index is 0.574. The van der Waals surface area contributed by atoms with E-state index in [-0.39, 0.29) is 0 Å². The molecule has 0 amide bonds. The van der Waals surface area contributed by atoms with E-state index in [9.17, 15) is 0 Å². The smallest absolute Gasteiger partial charge is 0.0576 e. The molecule has 1 aliphatic carbocycles. The monoisotopic (exact) mass is 398 g/mol. The average molecular weight is 399 g/mol. The zero-order chi connectivity index (χ0) is 18.3. The fourth-order valence-corrected chi connectivity index (χ4v) is 6.23. The first kappa shape index (κ1) is 17.6. The normalized spacial score (nSPS) is 21.2. The highest BCUT2D eigenvalue weighted by molar-refractivity contribution is 7.15. The quantitative estimate of drug-likeness (QED) is 0.670. The SMILES string of the molecule is Cn1cc(-c2ccc(CN(Cc3ccsc3)C3CC34CCNCC4)s2)cn1. The number of hydrogen-bond acceptors (Lipinski definition) is 5. The first-order valence-corrected chi connectivity index (χ1v) is 11.5. The topological polar surface area (TPSA) is 33.1 Å². The standard InChI is InChI=1S/C21H26N4S2/c1-24-13-17(11-23-24)19-3-2-18(27-19)14-25(12-16-4-9-26-15-16)20-10-21(20)5-7-22-8-6-21/h2-4,9,11,13,15,20,22H,5-8,10,12,14H2,1H3. The lowest BCUT2D eigenvalue weighted by Gasteiger charge is -2.29. The van der Waals surface area contributed by atoms with Gasteiger partial charge in [0.1, 0.15) is 0 Å². The summed E-state index contributed by atoms with van der Waals surface area (Å²) in [4.78, 5) is 5.52. The van der Waals surface area contributed by atoms with Crippen LogP contribution in [0.25, 0.3) is 10.4 Å². The van der Waals surface area contributed by atoms with Crippen LogP contribution in [0.2, 0.25) is 0 Å². The minimum Gasteiger partial charge on any atom is -0.317 e. The summed E-state index contributed by atoms with van der Waals surface area (Å²) in [6.45, 7) is 4.50. The van der Waals surface area contributed by atoms with Crippen molar-refractivity contribution in [1.29, 1.82) is 0 Å². The van der Waals surface area contributed by atoms with Gasteiger partial charge in [-0.15, -0.1) is 11.3 Å². The van der Waals surface area contributed by atoms with Gasteiger partial charge in [-0.25, -0.2) is 0 Å². The molecular formula is C21H26N4S2. The van der Waals surface area contributed by atoms with Crippen molar-refractivity contribution >= 4 is 22.7 Å². The van der Waals surface area contributed by atoms with Crippen molar-refractivity contribution in [1.82, 2.24) is 20.0 Å². The molecule has 2 fully saturated rings. The Hall–Kier alpha value is -1.47. The van der Waals surface area contributed by atoms with E-state index in [1.807, 2.05) is 40.6 Å². The maximum atomic E-state index is 4.32. The Balaban J connectivity index is 1.34. The number of aryl methyl sites for hydroxylation is 1. The fraction of sp³-hybridized carbons (Fsp3) is 0.476. The van der Waals surface area contributed by atoms with Crippen LogP contribution < -0.4 is 5.32 Å². The highest BCUT2D eigenvalue weighted by Gasteiger charge is 2.56. The largest absolute Gasteiger partial charge is 0.317 e. The molecule has 142 valence electrons. The number of nitrogens with one attached hydrogen (secondary N) is 1. The van der Waals surface area contributed by atoms with E-state index in [1.165, 1.54) is 53.2 Å². The van der Waals surface area contributed by atoms with Gasteiger partial charge in [0.25, 0.3) is 0 Å². The van der Waals surface area contributed by atoms with Gasteiger partial charge < -0.3 is 5.32 Å². The van der Waals surface area contributed by atoms with Crippen LogP contribution >= 0.6 is 22.7 Å². The van der Waals surface area contributed by atoms with Crippen LogP contribution in [-0.2, 0) is 20.1 Å². The van der Waals surface area contributed by atoms with E-state index >= 15 is 0 Å². The number of thiophene rings is 2. The fourth-order valence-electron chi connectivity index (χ4n) is 4.56. The van der Waals surface area contributed by atoms with E-state index in [2.05, 4.69) is 50.5 Å². The predicted molar refractivity (Wildman–Crippen MR) is 113 cm³/mol. The van der Waals surface area contributed by atoms with Crippen molar-refractivity contribution < 1.29 is 0 Å². The van der Waals surface area contributed by atoms with Crippen molar-refractivity contribution in [2.24, 2.45) is 12.5 Å². The van der Waals surface area contributed by atoms with Gasteiger partial charge in [-0.05, 0) is 72.3 Å². The Morgan fingerprint density at radius 1 is 1.26 bits per heavy atom. The number of rotatable bonds is 6. The lowest BCUT2D eigenvalue weighted by atomic mass is 9.93. The highest BCUT2D eigenvalue weighted by Crippen LogP contribution is 2.56. The van der Waals surface area contributed by atoms with Crippen molar-refractivity contribution in [2.45, 2.75) is 38.4 Å². The molecule has 3 aromatic rings. The van der Waals surface area contributed by atoms with Gasteiger partial charge in [-0.3, -0.25) is 9.58 Å². The lowest BCUT2D eigenvalue weighted by Crippen LogP contribution is -2.35. The van der Waals surface area contributed by atoms with Gasteiger partial charge >= 0.3 is 0 Å². The van der Waals surface area contributed by atoms with Gasteiger partial charge in [-0.1, -0.05) is 0 Å². The predicted octanol–water partition coefficient (Wildman–Crippen LogP) is 4.35. The van der Waals surface area contributed by atoms with Crippen molar-refractivity contribution in [3.63, 3.8) is 0 Å². The van der Waals surface area contributed by atoms with Crippen LogP contribution in [0.1, 0.15) is 29.7 Å². The molecule has 1 aliphatic heterocycles. The van der Waals surface area contributed by atoms with Gasteiger partial charge in [-0.2, -0.15) is 16.4 Å². The van der Waals surface area contributed by atoms with E-state index in [0.717, 1.165) is 19.1 Å². The zero-order valence-corrected chi connectivity index (χ0v) is 17.4. The Labute approximate surface area is 168 Å². The molecule has 1 saturated heterocycles. The molecule has 0 aromatic carbocycles. The summed E-state index contributed by atoms with van der Waals surface area (Å²) in [5, 5.41) is 12.4. The van der Waals surface area contributed by atoms with Gasteiger partial charge in [0.15, 0.2) is 0 Å². The second kappa shape index (κ2) is 7.17. The molecule has 3 aromatic heterocycles. The molecule has 4 heterocycles. The first-order valence-electron chi connectivity index (χ1n) is 9.75. The second-order valence-corrected chi connectivity index (χ2v) is 9.99. The van der Waals surface area contributed by atoms with Gasteiger partial charge in [0, 0.05) is 47.7 Å². The van der Waals surface area contributed by atoms with Crippen molar-refractivity contribution in [3.05, 3.63) is 51.8 Å². The Kier molecular flexibility index (Phi) is 4.68. The Morgan fingerprint density at radius 3 is 2.89 bits per heavy atom. The summed E-state index contributed by atoms with van der Waals surface area (Å²) in [5.41, 5.74) is 3.25. The van der Waals surface area contributed by atoms with Crippen LogP contribution in [0.5, 0.6) is 0 Å². The highest BCUT2D eigenvalue weighted by atomic mass is 32.1. The van der Waals surface area contributed by atoms with E-state index in [4.69, 9.17) is 0 Å². The summed E-state index contributed by atoms with van der Waals surface area (Å²) < 4.78 is 1.88. The summed E-state index contributed by atoms with van der Waals surface area (Å²) in [5.74, 6) is 0. The molecule has 4 nitrogen and oxygen atoms in total. The van der Waals surface area contributed by atoms with E-state index in [0.29, 0.717) is 5.41 Å². The second-order valence-electron chi connectivity index (χ2n) is 8.04. The summed E-state index contributed by atoms with van der Waals surface area (Å²) in [6.07, 6.45) is 8.11. The van der Waals surface area contributed by atoms with Crippen LogP contribution in [0, 0.1) is 5.41 Å². The Bertz CT molecular complexity index is 889. The van der Waals surface area contributed by atoms with Crippen molar-refractivity contribution in [2.75, 3.05) is 13.1 Å². The first-order chi connectivity index (χ1) is 13.2. The molecule has 1 N–H and O–H groups in total. The third-order valence-corrected chi connectivity index (χ3v) is 8.01. The number of hydrogen-bond donors (Lipinski definition) is 1. The molecule has 0 bridgehead atoms. The minimum absolute atomic E-state index is 0.574. The maximum Gasteiger partial charge on any atom is 0.0576 e. The Morgan fingerprint density at radius 2 is 2.15 bits per heavy atom. The molecule has 2 aliphatic rings. The molecule has 5 rings (SSSR count). The van der Waals surface area contributed by atoms with E-state index < -0.39 is 0 Å². The molecular weight excluding hydrogens is 372 g/mol. The molecule has 1 unspecified atom stereocenters. The molecule has 1 saturated carbocycles. The molecule has 1 atom stereocenters. The van der Waals surface area contributed by atoms with Crippen LogP contribution in [0.3, 0.4) is 0 Å². The third kappa shape index (κ3) is 3.63. The summed E-state index contributed by atoms with van der Waals surface area (Å²) >= 11 is 3.72. The maximum absolute atomic E-state index is 4.32. The van der Waals surface area contributed by atoms with Crippen LogP contribution in [0.4, 0.5) is 0 Å². The lowest BCUT2D eigenvalue weighted by molar-refractivity contribution is 0.189. The molecule has 6 heteroatoms. The van der Waals surface area contributed by atoms with Crippen molar-refractivity contribution in [3.8, 4) is 10.4 Å². The molecule has 0 radical (unpaired) electrons. The number of nitrogens with zero attached hydrogens (tertiary/aromatic N) is 3. The zero-order valence-electron chi connectivity index (χ0n) is 15.7. The van der Waals surface area contributed by atoms with Gasteiger partial charge in [0.05, 0.1) is 6.20 Å². The third-order valence-electron chi connectivity index (χ3n) is 6.16. The van der Waals surface area contributed by atoms with Crippen LogP contribution in [0.15, 0.2) is 41.4 Å².